The van der Waals surface area contributed by atoms with Crippen LogP contribution in [0, 0.1) is 17.7 Å². The highest BCUT2D eigenvalue weighted by Gasteiger charge is 2.34. The maximum atomic E-state index is 13.6. The minimum absolute atomic E-state index is 0.0145. The van der Waals surface area contributed by atoms with Crippen molar-refractivity contribution in [1.29, 1.82) is 0 Å². The molecule has 1 saturated heterocycles. The summed E-state index contributed by atoms with van der Waals surface area (Å²) in [6, 6.07) is 4.98. The SMILES string of the molecule is CC(C)CNC(=O)C1CN(c2nc3c(F)cccc3s2)C1. The van der Waals surface area contributed by atoms with Crippen LogP contribution in [0.4, 0.5) is 9.52 Å². The van der Waals surface area contributed by atoms with Gasteiger partial charge in [0.15, 0.2) is 5.13 Å². The molecule has 0 saturated carbocycles. The van der Waals surface area contributed by atoms with Crippen LogP contribution in [0.3, 0.4) is 0 Å². The van der Waals surface area contributed by atoms with Gasteiger partial charge >= 0.3 is 0 Å². The van der Waals surface area contributed by atoms with E-state index in [-0.39, 0.29) is 17.6 Å². The number of benzene rings is 1. The number of para-hydroxylation sites is 1. The van der Waals surface area contributed by atoms with Crippen molar-refractivity contribution in [2.75, 3.05) is 24.5 Å². The van der Waals surface area contributed by atoms with Gasteiger partial charge in [0.2, 0.25) is 5.91 Å². The number of fused-ring (bicyclic) bond motifs is 1. The molecule has 0 bridgehead atoms. The van der Waals surface area contributed by atoms with E-state index in [1.807, 2.05) is 11.0 Å². The summed E-state index contributed by atoms with van der Waals surface area (Å²) in [5, 5.41) is 3.74. The highest BCUT2D eigenvalue weighted by molar-refractivity contribution is 7.22. The average molecular weight is 307 g/mol. The van der Waals surface area contributed by atoms with E-state index in [1.165, 1.54) is 17.4 Å². The minimum Gasteiger partial charge on any atom is -0.355 e. The van der Waals surface area contributed by atoms with Gasteiger partial charge in [-0.3, -0.25) is 4.79 Å². The van der Waals surface area contributed by atoms with Gasteiger partial charge in [0.05, 0.1) is 10.6 Å². The van der Waals surface area contributed by atoms with Crippen LogP contribution in [0.1, 0.15) is 13.8 Å². The lowest BCUT2D eigenvalue weighted by atomic mass is 10.00. The molecule has 1 aromatic carbocycles. The molecule has 6 heteroatoms. The number of nitrogens with one attached hydrogen (secondary N) is 1. The summed E-state index contributed by atoms with van der Waals surface area (Å²) >= 11 is 1.47. The lowest BCUT2D eigenvalue weighted by Crippen LogP contribution is -2.54. The molecule has 112 valence electrons. The normalized spacial score (nSPS) is 15.5. The van der Waals surface area contributed by atoms with Crippen LogP contribution in [0.2, 0.25) is 0 Å². The number of aromatic nitrogens is 1. The lowest BCUT2D eigenvalue weighted by Gasteiger charge is -2.38. The van der Waals surface area contributed by atoms with Crippen molar-refractivity contribution in [3.05, 3.63) is 24.0 Å². The van der Waals surface area contributed by atoms with Crippen molar-refractivity contribution in [2.24, 2.45) is 11.8 Å². The molecule has 3 rings (SSSR count). The molecule has 1 aliphatic rings. The Labute approximate surface area is 127 Å². The number of nitrogens with zero attached hydrogens (tertiary/aromatic N) is 2. The molecule has 1 aliphatic heterocycles. The Morgan fingerprint density at radius 1 is 1.52 bits per heavy atom. The summed E-state index contributed by atoms with van der Waals surface area (Å²) in [5.41, 5.74) is 0.421. The van der Waals surface area contributed by atoms with Crippen LogP contribution >= 0.6 is 11.3 Å². The molecule has 0 radical (unpaired) electrons. The second-order valence-electron chi connectivity index (χ2n) is 5.82. The second-order valence-corrected chi connectivity index (χ2v) is 6.83. The fraction of sp³-hybridized carbons (Fsp3) is 0.467. The van der Waals surface area contributed by atoms with E-state index in [2.05, 4.69) is 24.1 Å². The Hall–Kier alpha value is -1.69. The zero-order valence-electron chi connectivity index (χ0n) is 12.1. The van der Waals surface area contributed by atoms with E-state index in [9.17, 15) is 9.18 Å². The van der Waals surface area contributed by atoms with Gasteiger partial charge in [-0.05, 0) is 18.1 Å². The molecule has 1 amide bonds. The summed E-state index contributed by atoms with van der Waals surface area (Å²) in [6.45, 7) is 6.17. The predicted molar refractivity (Wildman–Crippen MR) is 83.1 cm³/mol. The molecular weight excluding hydrogens is 289 g/mol. The molecule has 21 heavy (non-hydrogen) atoms. The van der Waals surface area contributed by atoms with Crippen molar-refractivity contribution < 1.29 is 9.18 Å². The minimum atomic E-state index is -0.290. The van der Waals surface area contributed by atoms with Crippen molar-refractivity contribution in [3.8, 4) is 0 Å². The first-order valence-corrected chi connectivity index (χ1v) is 7.94. The van der Waals surface area contributed by atoms with Crippen molar-refractivity contribution in [2.45, 2.75) is 13.8 Å². The van der Waals surface area contributed by atoms with Crippen LogP contribution in [0.5, 0.6) is 0 Å². The van der Waals surface area contributed by atoms with Gasteiger partial charge < -0.3 is 10.2 Å². The Bertz CT molecular complexity index is 664. The average Bonchev–Trinajstić information content (AvgIpc) is 2.79. The van der Waals surface area contributed by atoms with Gasteiger partial charge in [-0.25, -0.2) is 9.37 Å². The van der Waals surface area contributed by atoms with Gasteiger partial charge in [-0.2, -0.15) is 0 Å². The number of carbonyl (C=O) groups is 1. The molecule has 0 spiro atoms. The molecule has 0 aliphatic carbocycles. The smallest absolute Gasteiger partial charge is 0.226 e. The Morgan fingerprint density at radius 3 is 2.95 bits per heavy atom. The number of anilines is 1. The summed E-state index contributed by atoms with van der Waals surface area (Å²) in [5.74, 6) is 0.284. The highest BCUT2D eigenvalue weighted by Crippen LogP contribution is 2.33. The topological polar surface area (TPSA) is 45.2 Å². The molecule has 1 fully saturated rings. The van der Waals surface area contributed by atoms with Crippen LogP contribution < -0.4 is 10.2 Å². The maximum Gasteiger partial charge on any atom is 0.226 e. The molecule has 0 unspecified atom stereocenters. The number of hydrogen-bond acceptors (Lipinski definition) is 4. The fourth-order valence-electron chi connectivity index (χ4n) is 2.29. The van der Waals surface area contributed by atoms with Gasteiger partial charge in [0, 0.05) is 19.6 Å². The molecular formula is C15H18FN3OS. The summed E-state index contributed by atoms with van der Waals surface area (Å²) in [4.78, 5) is 18.3. The summed E-state index contributed by atoms with van der Waals surface area (Å²) in [7, 11) is 0. The quantitative estimate of drug-likeness (QED) is 0.944. The summed E-state index contributed by atoms with van der Waals surface area (Å²) in [6.07, 6.45) is 0. The Morgan fingerprint density at radius 2 is 2.29 bits per heavy atom. The van der Waals surface area contributed by atoms with Crippen LogP contribution in [-0.4, -0.2) is 30.5 Å². The van der Waals surface area contributed by atoms with E-state index in [0.717, 1.165) is 9.83 Å². The first-order chi connectivity index (χ1) is 10.0. The molecule has 1 N–H and O–H groups in total. The van der Waals surface area contributed by atoms with Gasteiger partial charge in [0.1, 0.15) is 11.3 Å². The number of rotatable bonds is 4. The molecule has 1 aromatic heterocycles. The summed E-state index contributed by atoms with van der Waals surface area (Å²) < 4.78 is 14.5. The molecule has 2 heterocycles. The first-order valence-electron chi connectivity index (χ1n) is 7.12. The van der Waals surface area contributed by atoms with Crippen LogP contribution in [-0.2, 0) is 4.79 Å². The zero-order chi connectivity index (χ0) is 15.0. The van der Waals surface area contributed by atoms with Crippen molar-refractivity contribution >= 4 is 32.6 Å². The van der Waals surface area contributed by atoms with E-state index < -0.39 is 0 Å². The molecule has 0 atom stereocenters. The predicted octanol–water partition coefficient (Wildman–Crippen LogP) is 2.64. The Kier molecular flexibility index (Phi) is 3.80. The largest absolute Gasteiger partial charge is 0.355 e. The molecule has 4 nitrogen and oxygen atoms in total. The third kappa shape index (κ3) is 2.85. The van der Waals surface area contributed by atoms with Gasteiger partial charge in [-0.15, -0.1) is 0 Å². The number of amides is 1. The molecule has 2 aromatic rings. The van der Waals surface area contributed by atoms with Gasteiger partial charge in [0.25, 0.3) is 0 Å². The van der Waals surface area contributed by atoms with E-state index in [0.29, 0.717) is 31.1 Å². The van der Waals surface area contributed by atoms with Crippen molar-refractivity contribution in [3.63, 3.8) is 0 Å². The monoisotopic (exact) mass is 307 g/mol. The standard InChI is InChI=1S/C15H18FN3OS/c1-9(2)6-17-14(20)10-7-19(8-10)15-18-13-11(16)4-3-5-12(13)21-15/h3-5,9-10H,6-8H2,1-2H3,(H,17,20). The fourth-order valence-corrected chi connectivity index (χ4v) is 3.29. The van der Waals surface area contributed by atoms with Gasteiger partial charge in [-0.1, -0.05) is 31.3 Å². The van der Waals surface area contributed by atoms with Crippen molar-refractivity contribution in [1.82, 2.24) is 10.3 Å². The number of hydrogen-bond donors (Lipinski definition) is 1. The van der Waals surface area contributed by atoms with E-state index >= 15 is 0 Å². The number of thiazole rings is 1. The van der Waals surface area contributed by atoms with E-state index in [1.54, 1.807) is 6.07 Å². The second kappa shape index (κ2) is 5.60. The maximum absolute atomic E-state index is 13.6. The third-order valence-corrected chi connectivity index (χ3v) is 4.65. The number of carbonyl (C=O) groups excluding carboxylic acids is 1. The Balaban J connectivity index is 1.62. The van der Waals surface area contributed by atoms with E-state index in [4.69, 9.17) is 0 Å². The number of halogens is 1. The lowest BCUT2D eigenvalue weighted by molar-refractivity contribution is -0.125. The van der Waals surface area contributed by atoms with Crippen LogP contribution in [0.25, 0.3) is 10.2 Å². The zero-order valence-corrected chi connectivity index (χ0v) is 12.9. The first kappa shape index (κ1) is 14.3. The van der Waals surface area contributed by atoms with Crippen LogP contribution in [0.15, 0.2) is 18.2 Å². The third-order valence-electron chi connectivity index (χ3n) is 3.57. The highest BCUT2D eigenvalue weighted by atomic mass is 32.1.